The first-order valence-electron chi connectivity index (χ1n) is 8.47. The van der Waals surface area contributed by atoms with Gasteiger partial charge in [-0.3, -0.25) is 14.9 Å². The lowest BCUT2D eigenvalue weighted by Crippen LogP contribution is -2.36. The number of ether oxygens (including phenoxy) is 1. The molecule has 1 atom stereocenters. The molecule has 27 heavy (non-hydrogen) atoms. The van der Waals surface area contributed by atoms with Gasteiger partial charge in [-0.15, -0.1) is 0 Å². The Kier molecular flexibility index (Phi) is 6.48. The largest absolute Gasteiger partial charge is 0.444 e. The molecule has 0 spiro atoms. The minimum Gasteiger partial charge on any atom is -0.444 e. The van der Waals surface area contributed by atoms with Crippen molar-refractivity contribution in [3.8, 4) is 0 Å². The molecule has 0 saturated heterocycles. The predicted molar refractivity (Wildman–Crippen MR) is 100 cm³/mol. The van der Waals surface area contributed by atoms with E-state index < -0.39 is 17.0 Å². The Morgan fingerprint density at radius 3 is 2.33 bits per heavy atom. The monoisotopic (exact) mass is 371 g/mol. The number of nitrogen functional groups attached to an aromatic ring is 1. The molecular weight excluding hydrogens is 350 g/mol. The number of esters is 1. The number of rotatable bonds is 7. The predicted octanol–water partition coefficient (Wildman–Crippen LogP) is 2.94. The van der Waals surface area contributed by atoms with Crippen molar-refractivity contribution < 1.29 is 19.2 Å². The number of nitro benzene ring substituents is 1. The maximum atomic E-state index is 12.8. The number of carbonyl (C=O) groups is 2. The Morgan fingerprint density at radius 2 is 1.78 bits per heavy atom. The SMILES string of the molecule is CCN(CC)C(=O)[C@H](OC(=O)c1cc([N+](=O)[O-])ccc1N)c1ccccc1. The molecule has 2 aromatic rings. The molecule has 8 heteroatoms. The Labute approximate surface area is 156 Å². The van der Waals surface area contributed by atoms with Crippen LogP contribution in [0.5, 0.6) is 0 Å². The Morgan fingerprint density at radius 1 is 1.15 bits per heavy atom. The van der Waals surface area contributed by atoms with Crippen LogP contribution in [0.15, 0.2) is 48.5 Å². The zero-order valence-corrected chi connectivity index (χ0v) is 15.1. The molecule has 142 valence electrons. The van der Waals surface area contributed by atoms with Gasteiger partial charge >= 0.3 is 5.97 Å². The molecule has 2 N–H and O–H groups in total. The second-order valence-corrected chi connectivity index (χ2v) is 5.74. The molecule has 0 bridgehead atoms. The standard InChI is InChI=1S/C19H21N3O5/c1-3-21(4-2)18(23)17(13-8-6-5-7-9-13)27-19(24)15-12-14(22(25)26)10-11-16(15)20/h5-12,17H,3-4,20H2,1-2H3/t17-/m1/s1. The third kappa shape index (κ3) is 4.60. The summed E-state index contributed by atoms with van der Waals surface area (Å²) in [5, 5.41) is 11.0. The van der Waals surface area contributed by atoms with Gasteiger partial charge in [-0.05, 0) is 19.9 Å². The second kappa shape index (κ2) is 8.79. The summed E-state index contributed by atoms with van der Waals surface area (Å²) in [5.74, 6) is -1.27. The molecule has 2 aromatic carbocycles. The number of carbonyl (C=O) groups excluding carboxylic acids is 2. The summed E-state index contributed by atoms with van der Waals surface area (Å²) in [5.41, 5.74) is 5.87. The van der Waals surface area contributed by atoms with Gasteiger partial charge in [0.15, 0.2) is 0 Å². The highest BCUT2D eigenvalue weighted by Gasteiger charge is 2.29. The minimum absolute atomic E-state index is 0.0349. The molecule has 1 amide bonds. The lowest BCUT2D eigenvalue weighted by atomic mass is 10.1. The number of anilines is 1. The molecule has 0 radical (unpaired) electrons. The zero-order chi connectivity index (χ0) is 20.0. The van der Waals surface area contributed by atoms with Gasteiger partial charge in [0.2, 0.25) is 6.10 Å². The number of amides is 1. The van der Waals surface area contributed by atoms with E-state index in [1.165, 1.54) is 12.1 Å². The highest BCUT2D eigenvalue weighted by molar-refractivity contribution is 5.97. The Bertz CT molecular complexity index is 834. The molecular formula is C19H21N3O5. The average Bonchev–Trinajstić information content (AvgIpc) is 2.67. The third-order valence-electron chi connectivity index (χ3n) is 4.09. The van der Waals surface area contributed by atoms with Crippen LogP contribution < -0.4 is 5.73 Å². The zero-order valence-electron chi connectivity index (χ0n) is 15.1. The van der Waals surface area contributed by atoms with Crippen molar-refractivity contribution in [1.29, 1.82) is 0 Å². The topological polar surface area (TPSA) is 116 Å². The van der Waals surface area contributed by atoms with E-state index in [-0.39, 0.29) is 22.8 Å². The van der Waals surface area contributed by atoms with Gasteiger partial charge in [0, 0.05) is 36.5 Å². The number of likely N-dealkylation sites (N-methyl/N-ethyl adjacent to an activating group) is 1. The summed E-state index contributed by atoms with van der Waals surface area (Å²) in [6.07, 6.45) is -1.17. The maximum absolute atomic E-state index is 12.8. The van der Waals surface area contributed by atoms with Gasteiger partial charge in [-0.2, -0.15) is 0 Å². The summed E-state index contributed by atoms with van der Waals surface area (Å²) in [6, 6.07) is 12.1. The van der Waals surface area contributed by atoms with Gasteiger partial charge in [-0.25, -0.2) is 4.79 Å². The Hall–Kier alpha value is -3.42. The molecule has 2 rings (SSSR count). The van der Waals surface area contributed by atoms with Crippen LogP contribution in [0.3, 0.4) is 0 Å². The molecule has 0 heterocycles. The first kappa shape index (κ1) is 19.9. The van der Waals surface area contributed by atoms with Crippen molar-refractivity contribution in [3.63, 3.8) is 0 Å². The van der Waals surface area contributed by atoms with Crippen LogP contribution in [0.1, 0.15) is 35.9 Å². The molecule has 0 fully saturated rings. The van der Waals surface area contributed by atoms with E-state index in [0.717, 1.165) is 6.07 Å². The maximum Gasteiger partial charge on any atom is 0.341 e. The highest BCUT2D eigenvalue weighted by atomic mass is 16.6. The van der Waals surface area contributed by atoms with Crippen LogP contribution in [0.25, 0.3) is 0 Å². The first-order valence-corrected chi connectivity index (χ1v) is 8.47. The molecule has 0 saturated carbocycles. The summed E-state index contributed by atoms with van der Waals surface area (Å²) in [6.45, 7) is 4.55. The number of nitrogens with zero attached hydrogens (tertiary/aromatic N) is 2. The van der Waals surface area contributed by atoms with E-state index in [9.17, 15) is 19.7 Å². The molecule has 8 nitrogen and oxygen atoms in total. The van der Waals surface area contributed by atoms with Crippen molar-refractivity contribution in [2.75, 3.05) is 18.8 Å². The molecule has 0 aliphatic carbocycles. The smallest absolute Gasteiger partial charge is 0.341 e. The van der Waals surface area contributed by atoms with Gasteiger partial charge < -0.3 is 15.4 Å². The summed E-state index contributed by atoms with van der Waals surface area (Å²) in [4.78, 5) is 37.3. The summed E-state index contributed by atoms with van der Waals surface area (Å²) < 4.78 is 5.45. The van der Waals surface area contributed by atoms with Crippen LogP contribution >= 0.6 is 0 Å². The number of nitrogens with two attached hydrogens (primary N) is 1. The molecule has 0 aliphatic heterocycles. The molecule has 0 unspecified atom stereocenters. The van der Waals surface area contributed by atoms with E-state index in [0.29, 0.717) is 18.7 Å². The van der Waals surface area contributed by atoms with E-state index in [1.807, 2.05) is 13.8 Å². The van der Waals surface area contributed by atoms with Crippen LogP contribution in [0.2, 0.25) is 0 Å². The van der Waals surface area contributed by atoms with Crippen molar-refractivity contribution in [3.05, 3.63) is 69.8 Å². The fourth-order valence-corrected chi connectivity index (χ4v) is 2.60. The van der Waals surface area contributed by atoms with Gasteiger partial charge in [0.25, 0.3) is 11.6 Å². The summed E-state index contributed by atoms with van der Waals surface area (Å²) >= 11 is 0. The number of hydrogen-bond donors (Lipinski definition) is 1. The van der Waals surface area contributed by atoms with Gasteiger partial charge in [-0.1, -0.05) is 30.3 Å². The van der Waals surface area contributed by atoms with Crippen LogP contribution in [0.4, 0.5) is 11.4 Å². The van der Waals surface area contributed by atoms with E-state index >= 15 is 0 Å². The van der Waals surface area contributed by atoms with Crippen molar-refractivity contribution in [2.24, 2.45) is 0 Å². The average molecular weight is 371 g/mol. The van der Waals surface area contributed by atoms with E-state index in [4.69, 9.17) is 10.5 Å². The van der Waals surface area contributed by atoms with Crippen molar-refractivity contribution >= 4 is 23.3 Å². The summed E-state index contributed by atoms with van der Waals surface area (Å²) in [7, 11) is 0. The number of nitro groups is 1. The first-order chi connectivity index (χ1) is 12.9. The lowest BCUT2D eigenvalue weighted by molar-refractivity contribution is -0.384. The lowest BCUT2D eigenvalue weighted by Gasteiger charge is -2.25. The van der Waals surface area contributed by atoms with Crippen molar-refractivity contribution in [2.45, 2.75) is 20.0 Å². The van der Waals surface area contributed by atoms with E-state index in [2.05, 4.69) is 0 Å². The van der Waals surface area contributed by atoms with Crippen LogP contribution in [-0.4, -0.2) is 34.8 Å². The highest BCUT2D eigenvalue weighted by Crippen LogP contribution is 2.25. The second-order valence-electron chi connectivity index (χ2n) is 5.74. The van der Waals surface area contributed by atoms with Crippen LogP contribution in [0, 0.1) is 10.1 Å². The minimum atomic E-state index is -1.17. The van der Waals surface area contributed by atoms with Crippen LogP contribution in [-0.2, 0) is 9.53 Å². The van der Waals surface area contributed by atoms with Gasteiger partial charge in [0.1, 0.15) is 0 Å². The Balaban J connectivity index is 2.38. The fraction of sp³-hybridized carbons (Fsp3) is 0.263. The quantitative estimate of drug-likeness (QED) is 0.346. The number of benzene rings is 2. The number of hydrogen-bond acceptors (Lipinski definition) is 6. The van der Waals surface area contributed by atoms with Crippen molar-refractivity contribution in [1.82, 2.24) is 4.90 Å². The normalized spacial score (nSPS) is 11.5. The third-order valence-corrected chi connectivity index (χ3v) is 4.09. The van der Waals surface area contributed by atoms with E-state index in [1.54, 1.807) is 35.2 Å². The molecule has 0 aromatic heterocycles. The van der Waals surface area contributed by atoms with Gasteiger partial charge in [0.05, 0.1) is 10.5 Å². The molecule has 0 aliphatic rings. The fourth-order valence-electron chi connectivity index (χ4n) is 2.60. The number of non-ortho nitro benzene ring substituents is 1.